The molecule has 1 saturated heterocycles. The Morgan fingerprint density at radius 3 is 2.84 bits per heavy atom. The van der Waals surface area contributed by atoms with Gasteiger partial charge in [-0.25, -0.2) is 9.59 Å². The van der Waals surface area contributed by atoms with E-state index in [1.165, 1.54) is 6.92 Å². The van der Waals surface area contributed by atoms with Crippen LogP contribution in [0.15, 0.2) is 47.6 Å². The van der Waals surface area contributed by atoms with E-state index in [1.54, 1.807) is 12.2 Å². The van der Waals surface area contributed by atoms with Crippen LogP contribution in [0.3, 0.4) is 0 Å². The molecule has 6 nitrogen and oxygen atoms in total. The average molecular weight is 346 g/mol. The van der Waals surface area contributed by atoms with E-state index in [1.807, 2.05) is 0 Å². The third-order valence-corrected chi connectivity index (χ3v) is 4.33. The minimum absolute atomic E-state index is 0.154. The third-order valence-electron chi connectivity index (χ3n) is 4.33. The van der Waals surface area contributed by atoms with E-state index < -0.39 is 30.1 Å². The number of aldehydes is 1. The second-order valence-electron chi connectivity index (χ2n) is 6.27. The summed E-state index contributed by atoms with van der Waals surface area (Å²) >= 11 is 0. The van der Waals surface area contributed by atoms with Crippen LogP contribution in [0.1, 0.15) is 26.2 Å². The quantitative estimate of drug-likeness (QED) is 0.361. The number of fused-ring (bicyclic) bond motifs is 1. The molecule has 0 radical (unpaired) electrons. The van der Waals surface area contributed by atoms with Gasteiger partial charge in [-0.1, -0.05) is 19.2 Å². The number of rotatable bonds is 4. The van der Waals surface area contributed by atoms with E-state index in [0.29, 0.717) is 30.3 Å². The first-order valence-electron chi connectivity index (χ1n) is 8.08. The highest BCUT2D eigenvalue weighted by molar-refractivity contribution is 5.92. The molecule has 1 fully saturated rings. The summed E-state index contributed by atoms with van der Waals surface area (Å²) in [5, 5.41) is 9.51. The number of hydrogen-bond donors (Lipinski definition) is 1. The normalized spacial score (nSPS) is 30.9. The van der Waals surface area contributed by atoms with E-state index in [2.05, 4.69) is 13.2 Å². The van der Waals surface area contributed by atoms with Gasteiger partial charge in [0.15, 0.2) is 0 Å². The predicted molar refractivity (Wildman–Crippen MR) is 90.4 cm³/mol. The number of ether oxygens (including phenoxy) is 2. The lowest BCUT2D eigenvalue weighted by atomic mass is 9.85. The highest BCUT2D eigenvalue weighted by Crippen LogP contribution is 2.36. The molecule has 0 bridgehead atoms. The summed E-state index contributed by atoms with van der Waals surface area (Å²) in [6.07, 6.45) is 3.89. The molecule has 0 aromatic heterocycles. The molecule has 2 aliphatic rings. The van der Waals surface area contributed by atoms with E-state index in [0.717, 1.165) is 0 Å². The Hall–Kier alpha value is -2.47. The van der Waals surface area contributed by atoms with Crippen molar-refractivity contribution in [3.8, 4) is 0 Å². The highest BCUT2D eigenvalue weighted by Gasteiger charge is 2.44. The Morgan fingerprint density at radius 1 is 1.52 bits per heavy atom. The van der Waals surface area contributed by atoms with Crippen molar-refractivity contribution >= 4 is 18.2 Å². The lowest BCUT2D eigenvalue weighted by molar-refractivity contribution is -0.147. The molecule has 0 spiro atoms. The van der Waals surface area contributed by atoms with Crippen LogP contribution in [0.4, 0.5) is 0 Å². The minimum Gasteiger partial charge on any atom is -0.458 e. The number of hydrogen-bond acceptors (Lipinski definition) is 6. The number of aliphatic hydroxyl groups is 1. The van der Waals surface area contributed by atoms with Gasteiger partial charge in [0.05, 0.1) is 12.5 Å². The van der Waals surface area contributed by atoms with Crippen LogP contribution in [0.5, 0.6) is 0 Å². The van der Waals surface area contributed by atoms with Crippen molar-refractivity contribution < 1.29 is 29.0 Å². The van der Waals surface area contributed by atoms with E-state index in [4.69, 9.17) is 9.47 Å². The van der Waals surface area contributed by atoms with Crippen LogP contribution >= 0.6 is 0 Å². The molecule has 3 atom stereocenters. The summed E-state index contributed by atoms with van der Waals surface area (Å²) < 4.78 is 10.8. The summed E-state index contributed by atoms with van der Waals surface area (Å²) in [5.74, 6) is -1.81. The molecule has 0 amide bonds. The Morgan fingerprint density at radius 2 is 2.24 bits per heavy atom. The number of carbonyl (C=O) groups is 3. The fourth-order valence-electron chi connectivity index (χ4n) is 2.96. The summed E-state index contributed by atoms with van der Waals surface area (Å²) in [6, 6.07) is 0. The molecule has 6 heteroatoms. The number of allylic oxidation sites excluding steroid dienone is 1. The van der Waals surface area contributed by atoms with E-state index in [-0.39, 0.29) is 24.2 Å². The summed E-state index contributed by atoms with van der Waals surface area (Å²) in [4.78, 5) is 35.4. The second-order valence-corrected chi connectivity index (χ2v) is 6.27. The fraction of sp³-hybridized carbons (Fsp3) is 0.421. The zero-order chi connectivity index (χ0) is 18.6. The first-order chi connectivity index (χ1) is 11.9. The number of esters is 2. The Bertz CT molecular complexity index is 669. The Balaban J connectivity index is 2.45. The van der Waals surface area contributed by atoms with Crippen molar-refractivity contribution in [1.29, 1.82) is 0 Å². The predicted octanol–water partition coefficient (Wildman–Crippen LogP) is 1.80. The van der Waals surface area contributed by atoms with E-state index in [9.17, 15) is 19.5 Å². The van der Waals surface area contributed by atoms with Gasteiger partial charge in [0.2, 0.25) is 0 Å². The lowest BCUT2D eigenvalue weighted by Crippen LogP contribution is -2.34. The van der Waals surface area contributed by atoms with Gasteiger partial charge in [-0.05, 0) is 37.0 Å². The fourth-order valence-corrected chi connectivity index (χ4v) is 2.96. The van der Waals surface area contributed by atoms with Gasteiger partial charge in [-0.2, -0.15) is 0 Å². The van der Waals surface area contributed by atoms with Crippen molar-refractivity contribution in [2.45, 2.75) is 38.4 Å². The zero-order valence-corrected chi connectivity index (χ0v) is 14.2. The first kappa shape index (κ1) is 18.9. The van der Waals surface area contributed by atoms with Crippen LogP contribution < -0.4 is 0 Å². The number of carbonyl (C=O) groups excluding carboxylic acids is 3. The van der Waals surface area contributed by atoms with Crippen LogP contribution in [0.25, 0.3) is 0 Å². The first-order valence-corrected chi connectivity index (χ1v) is 8.08. The van der Waals surface area contributed by atoms with Crippen molar-refractivity contribution in [2.75, 3.05) is 6.61 Å². The summed E-state index contributed by atoms with van der Waals surface area (Å²) in [7, 11) is 0. The monoisotopic (exact) mass is 346 g/mol. The lowest BCUT2D eigenvalue weighted by Gasteiger charge is -2.27. The molecule has 2 rings (SSSR count). The van der Waals surface area contributed by atoms with Crippen LogP contribution in [0.2, 0.25) is 0 Å². The van der Waals surface area contributed by atoms with Gasteiger partial charge in [0.25, 0.3) is 0 Å². The van der Waals surface area contributed by atoms with Crippen molar-refractivity contribution in [2.24, 2.45) is 5.92 Å². The Kier molecular flexibility index (Phi) is 6.09. The van der Waals surface area contributed by atoms with Crippen LogP contribution in [0, 0.1) is 5.92 Å². The van der Waals surface area contributed by atoms with Gasteiger partial charge >= 0.3 is 11.9 Å². The molecule has 25 heavy (non-hydrogen) atoms. The maximum atomic E-state index is 12.0. The van der Waals surface area contributed by atoms with Gasteiger partial charge < -0.3 is 14.6 Å². The molecular formula is C19H22O6. The zero-order valence-electron chi connectivity index (χ0n) is 14.2. The molecule has 1 aliphatic heterocycles. The van der Waals surface area contributed by atoms with E-state index >= 15 is 0 Å². The standard InChI is InChI=1S/C19H22O6/c1-11(2)18(22)24-15-7-13(9-20)5-4-6-14(10-21)8-16-17(15)12(3)19(23)25-16/h5,8-9,15-17,21H,1,3-4,6-7,10H2,2H3/b13-5+,14-8-/t15-,16-,17-/m0/s1. The van der Waals surface area contributed by atoms with Gasteiger partial charge in [0, 0.05) is 17.6 Å². The second kappa shape index (κ2) is 8.07. The molecule has 0 aromatic carbocycles. The maximum Gasteiger partial charge on any atom is 0.334 e. The van der Waals surface area contributed by atoms with Gasteiger partial charge in [-0.15, -0.1) is 0 Å². The molecule has 1 N–H and O–H groups in total. The largest absolute Gasteiger partial charge is 0.458 e. The maximum absolute atomic E-state index is 12.0. The SMILES string of the molecule is C=C(C)C(=O)O[C@H]1C/C(C=O)=C\CC/C(CO)=C/[C@@H]2OC(=O)C(=C)[C@H]21. The number of aliphatic hydroxyl groups excluding tert-OH is 1. The summed E-state index contributed by atoms with van der Waals surface area (Å²) in [6.45, 7) is 8.65. The molecule has 0 saturated carbocycles. The summed E-state index contributed by atoms with van der Waals surface area (Å²) in [5.41, 5.74) is 1.55. The highest BCUT2D eigenvalue weighted by atomic mass is 16.6. The molecular weight excluding hydrogens is 324 g/mol. The van der Waals surface area contributed by atoms with Crippen LogP contribution in [-0.2, 0) is 23.9 Å². The van der Waals surface area contributed by atoms with Crippen molar-refractivity contribution in [3.63, 3.8) is 0 Å². The van der Waals surface area contributed by atoms with Crippen molar-refractivity contribution in [1.82, 2.24) is 0 Å². The smallest absolute Gasteiger partial charge is 0.334 e. The molecule has 1 aliphatic carbocycles. The molecule has 134 valence electrons. The van der Waals surface area contributed by atoms with Crippen molar-refractivity contribution in [3.05, 3.63) is 47.6 Å². The van der Waals surface area contributed by atoms with Gasteiger partial charge in [-0.3, -0.25) is 4.79 Å². The molecule has 1 heterocycles. The average Bonchev–Trinajstić information content (AvgIpc) is 2.85. The third kappa shape index (κ3) is 4.33. The van der Waals surface area contributed by atoms with Gasteiger partial charge in [0.1, 0.15) is 18.5 Å². The topological polar surface area (TPSA) is 89.9 Å². The Labute approximate surface area is 146 Å². The molecule has 0 aromatic rings. The van der Waals surface area contributed by atoms with Crippen LogP contribution in [-0.4, -0.2) is 42.1 Å². The minimum atomic E-state index is -0.793. The molecule has 0 unspecified atom stereocenters.